The standard InChI is InChI=1S/C19H19N3O3S2/c1-24-16-11-6-5-10-15(16)17(23)20-18-21-22-19(27-18)26-13-7-12-25-14-8-3-2-4-9-14/h2-6,8-11H,7,12-13H2,1H3,(H,20,21,23). The highest BCUT2D eigenvalue weighted by molar-refractivity contribution is 8.01. The summed E-state index contributed by atoms with van der Waals surface area (Å²) in [5.41, 5.74) is 0.461. The van der Waals surface area contributed by atoms with Gasteiger partial charge in [0.05, 0.1) is 19.3 Å². The Bertz CT molecular complexity index is 871. The molecular formula is C19H19N3O3S2. The number of anilines is 1. The number of carbonyl (C=O) groups is 1. The summed E-state index contributed by atoms with van der Waals surface area (Å²) in [6, 6.07) is 16.8. The molecule has 0 saturated carbocycles. The molecule has 2 aromatic carbocycles. The van der Waals surface area contributed by atoms with Gasteiger partial charge >= 0.3 is 0 Å². The first kappa shape index (κ1) is 19.2. The topological polar surface area (TPSA) is 73.3 Å². The van der Waals surface area contributed by atoms with Crippen molar-refractivity contribution >= 4 is 34.1 Å². The van der Waals surface area contributed by atoms with E-state index in [0.717, 1.165) is 22.3 Å². The number of hydrogen-bond acceptors (Lipinski definition) is 7. The maximum atomic E-state index is 12.4. The summed E-state index contributed by atoms with van der Waals surface area (Å²) in [5.74, 6) is 1.99. The minimum absolute atomic E-state index is 0.267. The molecule has 0 spiro atoms. The van der Waals surface area contributed by atoms with Crippen molar-refractivity contribution in [3.8, 4) is 11.5 Å². The van der Waals surface area contributed by atoms with E-state index in [1.54, 1.807) is 30.0 Å². The number of thioether (sulfide) groups is 1. The second-order valence-electron chi connectivity index (χ2n) is 5.39. The molecule has 0 bridgehead atoms. The zero-order valence-electron chi connectivity index (χ0n) is 14.8. The Balaban J connectivity index is 1.43. The van der Waals surface area contributed by atoms with Crippen LogP contribution in [0.2, 0.25) is 0 Å². The lowest BCUT2D eigenvalue weighted by Gasteiger charge is -2.06. The molecule has 6 nitrogen and oxygen atoms in total. The van der Waals surface area contributed by atoms with E-state index in [-0.39, 0.29) is 5.91 Å². The normalized spacial score (nSPS) is 10.4. The summed E-state index contributed by atoms with van der Waals surface area (Å²) < 4.78 is 11.7. The maximum absolute atomic E-state index is 12.4. The van der Waals surface area contributed by atoms with Crippen molar-refractivity contribution in [1.29, 1.82) is 0 Å². The summed E-state index contributed by atoms with van der Waals surface area (Å²) in [7, 11) is 1.54. The molecule has 0 atom stereocenters. The number of nitrogens with one attached hydrogen (secondary N) is 1. The summed E-state index contributed by atoms with van der Waals surface area (Å²) in [5, 5.41) is 11.4. The van der Waals surface area contributed by atoms with Crippen molar-refractivity contribution in [2.24, 2.45) is 0 Å². The van der Waals surface area contributed by atoms with Crippen LogP contribution in [0, 0.1) is 0 Å². The van der Waals surface area contributed by atoms with Crippen molar-refractivity contribution in [2.45, 2.75) is 10.8 Å². The van der Waals surface area contributed by atoms with Crippen LogP contribution >= 0.6 is 23.1 Å². The number of benzene rings is 2. The minimum Gasteiger partial charge on any atom is -0.496 e. The van der Waals surface area contributed by atoms with Gasteiger partial charge in [0.1, 0.15) is 11.5 Å². The molecule has 8 heteroatoms. The highest BCUT2D eigenvalue weighted by Gasteiger charge is 2.14. The first-order valence-electron chi connectivity index (χ1n) is 8.35. The smallest absolute Gasteiger partial charge is 0.261 e. The summed E-state index contributed by atoms with van der Waals surface area (Å²) >= 11 is 2.95. The molecule has 1 heterocycles. The quantitative estimate of drug-likeness (QED) is 0.326. The molecule has 0 aliphatic carbocycles. The molecule has 1 amide bonds. The molecule has 0 aliphatic rings. The van der Waals surface area contributed by atoms with Crippen molar-refractivity contribution in [3.05, 3.63) is 60.2 Å². The number of para-hydroxylation sites is 2. The molecule has 0 saturated heterocycles. The van der Waals surface area contributed by atoms with Crippen molar-refractivity contribution in [3.63, 3.8) is 0 Å². The first-order chi connectivity index (χ1) is 13.3. The second kappa shape index (κ2) is 9.94. The van der Waals surface area contributed by atoms with E-state index < -0.39 is 0 Å². The number of rotatable bonds is 9. The van der Waals surface area contributed by atoms with E-state index in [0.29, 0.717) is 23.1 Å². The molecule has 0 aliphatic heterocycles. The Hall–Kier alpha value is -2.58. The molecule has 1 aromatic heterocycles. The fraction of sp³-hybridized carbons (Fsp3) is 0.211. The van der Waals surface area contributed by atoms with Gasteiger partial charge in [0.15, 0.2) is 4.34 Å². The van der Waals surface area contributed by atoms with Gasteiger partial charge in [-0.25, -0.2) is 0 Å². The molecular weight excluding hydrogens is 382 g/mol. The highest BCUT2D eigenvalue weighted by atomic mass is 32.2. The van der Waals surface area contributed by atoms with Crippen LogP contribution in [0.15, 0.2) is 58.9 Å². The molecule has 140 valence electrons. The SMILES string of the molecule is COc1ccccc1C(=O)Nc1nnc(SCCCOc2ccccc2)s1. The Morgan fingerprint density at radius 1 is 1.11 bits per heavy atom. The third kappa shape index (κ3) is 5.70. The minimum atomic E-state index is -0.267. The van der Waals surface area contributed by atoms with Crippen molar-refractivity contribution in [1.82, 2.24) is 10.2 Å². The number of ether oxygens (including phenoxy) is 2. The lowest BCUT2D eigenvalue weighted by Crippen LogP contribution is -2.12. The Morgan fingerprint density at radius 3 is 2.70 bits per heavy atom. The molecule has 1 N–H and O–H groups in total. The summed E-state index contributed by atoms with van der Waals surface area (Å²) in [6.45, 7) is 0.646. The van der Waals surface area contributed by atoms with Gasteiger partial charge in [-0.15, -0.1) is 10.2 Å². The molecule has 3 aromatic rings. The van der Waals surface area contributed by atoms with Crippen molar-refractivity contribution in [2.75, 3.05) is 24.8 Å². The monoisotopic (exact) mass is 401 g/mol. The van der Waals surface area contributed by atoms with Gasteiger partial charge in [-0.1, -0.05) is 53.4 Å². The lowest BCUT2D eigenvalue weighted by atomic mass is 10.2. The van der Waals surface area contributed by atoms with E-state index in [4.69, 9.17) is 9.47 Å². The van der Waals surface area contributed by atoms with Gasteiger partial charge in [0.2, 0.25) is 5.13 Å². The molecule has 3 rings (SSSR count). The highest BCUT2D eigenvalue weighted by Crippen LogP contribution is 2.27. The Morgan fingerprint density at radius 2 is 1.89 bits per heavy atom. The Labute approximate surface area is 165 Å². The average Bonchev–Trinajstić information content (AvgIpc) is 3.15. The van der Waals surface area contributed by atoms with Crippen LogP contribution in [-0.4, -0.2) is 35.6 Å². The molecule has 0 fully saturated rings. The van der Waals surface area contributed by atoms with Crippen LogP contribution in [0.3, 0.4) is 0 Å². The van der Waals surface area contributed by atoms with Crippen LogP contribution in [0.25, 0.3) is 0 Å². The van der Waals surface area contributed by atoms with E-state index >= 15 is 0 Å². The van der Waals surface area contributed by atoms with Gasteiger partial charge in [0.25, 0.3) is 5.91 Å². The van der Waals surface area contributed by atoms with E-state index in [9.17, 15) is 4.79 Å². The number of nitrogens with zero attached hydrogens (tertiary/aromatic N) is 2. The fourth-order valence-electron chi connectivity index (χ4n) is 2.24. The van der Waals surface area contributed by atoms with Crippen LogP contribution in [0.4, 0.5) is 5.13 Å². The third-order valence-electron chi connectivity index (χ3n) is 3.50. The fourth-order valence-corrected chi connectivity index (χ4v) is 3.97. The number of carbonyl (C=O) groups excluding carboxylic acids is 1. The zero-order valence-corrected chi connectivity index (χ0v) is 16.4. The number of methoxy groups -OCH3 is 1. The number of hydrogen-bond donors (Lipinski definition) is 1. The van der Waals surface area contributed by atoms with Crippen LogP contribution in [0.1, 0.15) is 16.8 Å². The second-order valence-corrected chi connectivity index (χ2v) is 7.71. The molecule has 0 unspecified atom stereocenters. The average molecular weight is 402 g/mol. The predicted octanol–water partition coefficient (Wildman–Crippen LogP) is 4.36. The first-order valence-corrected chi connectivity index (χ1v) is 10.1. The van der Waals surface area contributed by atoms with Gasteiger partial charge in [0, 0.05) is 5.75 Å². The van der Waals surface area contributed by atoms with Gasteiger partial charge in [-0.05, 0) is 30.7 Å². The predicted molar refractivity (Wildman–Crippen MR) is 108 cm³/mol. The van der Waals surface area contributed by atoms with E-state index in [1.807, 2.05) is 36.4 Å². The van der Waals surface area contributed by atoms with Gasteiger partial charge in [-0.2, -0.15) is 0 Å². The number of amides is 1. The number of aromatic nitrogens is 2. The van der Waals surface area contributed by atoms with E-state index in [1.165, 1.54) is 18.4 Å². The maximum Gasteiger partial charge on any atom is 0.261 e. The molecule has 0 radical (unpaired) electrons. The lowest BCUT2D eigenvalue weighted by molar-refractivity contribution is 0.102. The van der Waals surface area contributed by atoms with Crippen molar-refractivity contribution < 1.29 is 14.3 Å². The molecule has 27 heavy (non-hydrogen) atoms. The summed E-state index contributed by atoms with van der Waals surface area (Å²) in [4.78, 5) is 12.4. The van der Waals surface area contributed by atoms with Crippen LogP contribution in [0.5, 0.6) is 11.5 Å². The van der Waals surface area contributed by atoms with Gasteiger partial charge in [-0.3, -0.25) is 10.1 Å². The largest absolute Gasteiger partial charge is 0.496 e. The third-order valence-corrected chi connectivity index (χ3v) is 5.56. The van der Waals surface area contributed by atoms with Crippen LogP contribution in [-0.2, 0) is 0 Å². The van der Waals surface area contributed by atoms with Gasteiger partial charge < -0.3 is 9.47 Å². The Kier molecular flexibility index (Phi) is 7.06. The van der Waals surface area contributed by atoms with E-state index in [2.05, 4.69) is 15.5 Å². The summed E-state index contributed by atoms with van der Waals surface area (Å²) in [6.07, 6.45) is 0.891. The van der Waals surface area contributed by atoms with Crippen LogP contribution < -0.4 is 14.8 Å². The zero-order chi connectivity index (χ0) is 18.9.